The van der Waals surface area contributed by atoms with Crippen LogP contribution in [0, 0.1) is 10.8 Å². The van der Waals surface area contributed by atoms with Gasteiger partial charge in [0.15, 0.2) is 5.78 Å². The van der Waals surface area contributed by atoms with Gasteiger partial charge in [-0.25, -0.2) is 0 Å². The van der Waals surface area contributed by atoms with Gasteiger partial charge in [-0.15, -0.1) is 0 Å². The molecule has 1 aliphatic rings. The number of esters is 1. The van der Waals surface area contributed by atoms with Gasteiger partial charge in [0, 0.05) is 0 Å². The molecule has 1 aliphatic carbocycles. The van der Waals surface area contributed by atoms with Gasteiger partial charge in [0.1, 0.15) is 5.41 Å². The zero-order chi connectivity index (χ0) is 12.6. The van der Waals surface area contributed by atoms with Crippen LogP contribution in [0.5, 0.6) is 0 Å². The van der Waals surface area contributed by atoms with E-state index in [0.717, 1.165) is 12.0 Å². The average Bonchev–Trinajstić information content (AvgIpc) is 2.49. The summed E-state index contributed by atoms with van der Waals surface area (Å²) in [4.78, 5) is 23.8. The predicted octanol–water partition coefficient (Wildman–Crippen LogP) is 2.50. The highest BCUT2D eigenvalue weighted by atomic mass is 16.5. The van der Waals surface area contributed by atoms with Crippen molar-refractivity contribution in [3.63, 3.8) is 0 Å². The van der Waals surface area contributed by atoms with Crippen LogP contribution in [0.15, 0.2) is 11.6 Å². The van der Waals surface area contributed by atoms with Crippen LogP contribution < -0.4 is 0 Å². The van der Waals surface area contributed by atoms with Crippen LogP contribution in [0.1, 0.15) is 40.5 Å². The molecule has 1 saturated carbocycles. The number of hydrogen-bond acceptors (Lipinski definition) is 3. The SMILES string of the molecule is C/C=C1/C(C)(C)CCC1(C(C)=O)C(=O)OC. The van der Waals surface area contributed by atoms with Gasteiger partial charge in [-0.3, -0.25) is 9.59 Å². The molecule has 90 valence electrons. The minimum Gasteiger partial charge on any atom is -0.468 e. The largest absolute Gasteiger partial charge is 0.468 e. The van der Waals surface area contributed by atoms with E-state index in [9.17, 15) is 9.59 Å². The maximum atomic E-state index is 12.0. The Labute approximate surface area is 96.9 Å². The van der Waals surface area contributed by atoms with Crippen molar-refractivity contribution >= 4 is 11.8 Å². The third-order valence-corrected chi connectivity index (χ3v) is 3.74. The van der Waals surface area contributed by atoms with Gasteiger partial charge in [-0.05, 0) is 37.7 Å². The van der Waals surface area contributed by atoms with Gasteiger partial charge in [-0.2, -0.15) is 0 Å². The standard InChI is InChI=1S/C13H20O3/c1-6-10-12(3,4)7-8-13(10,9(2)14)11(15)16-5/h6H,7-8H2,1-5H3/b10-6-. The molecule has 1 unspecified atom stereocenters. The molecule has 16 heavy (non-hydrogen) atoms. The molecule has 0 aromatic heterocycles. The fraction of sp³-hybridized carbons (Fsp3) is 0.692. The molecule has 0 spiro atoms. The summed E-state index contributed by atoms with van der Waals surface area (Å²) in [6.45, 7) is 7.48. The zero-order valence-corrected chi connectivity index (χ0v) is 10.7. The Kier molecular flexibility index (Phi) is 3.27. The normalized spacial score (nSPS) is 30.4. The molecule has 0 bridgehead atoms. The summed E-state index contributed by atoms with van der Waals surface area (Å²) in [5.41, 5.74) is -0.235. The van der Waals surface area contributed by atoms with Crippen LogP contribution in [0.25, 0.3) is 0 Å². The van der Waals surface area contributed by atoms with Crippen molar-refractivity contribution in [2.45, 2.75) is 40.5 Å². The molecule has 1 atom stereocenters. The Hall–Kier alpha value is -1.12. The van der Waals surface area contributed by atoms with Gasteiger partial charge >= 0.3 is 5.97 Å². The van der Waals surface area contributed by atoms with Gasteiger partial charge in [0.05, 0.1) is 7.11 Å². The smallest absolute Gasteiger partial charge is 0.323 e. The highest BCUT2D eigenvalue weighted by molar-refractivity contribution is 6.06. The second-order valence-corrected chi connectivity index (χ2v) is 5.04. The lowest BCUT2D eigenvalue weighted by molar-refractivity contribution is -0.154. The van der Waals surface area contributed by atoms with Gasteiger partial charge < -0.3 is 4.74 Å². The molecular formula is C13H20O3. The molecule has 0 aromatic rings. The first-order valence-corrected chi connectivity index (χ1v) is 5.59. The Bertz CT molecular complexity index is 352. The van der Waals surface area contributed by atoms with Crippen LogP contribution in [-0.2, 0) is 14.3 Å². The summed E-state index contributed by atoms with van der Waals surface area (Å²) in [5, 5.41) is 0. The average molecular weight is 224 g/mol. The molecule has 0 radical (unpaired) electrons. The summed E-state index contributed by atoms with van der Waals surface area (Å²) < 4.78 is 4.82. The third-order valence-electron chi connectivity index (χ3n) is 3.74. The third kappa shape index (κ3) is 1.58. The monoisotopic (exact) mass is 224 g/mol. The van der Waals surface area contributed by atoms with E-state index in [1.165, 1.54) is 14.0 Å². The first kappa shape index (κ1) is 12.9. The molecule has 0 saturated heterocycles. The first-order valence-electron chi connectivity index (χ1n) is 5.59. The Morgan fingerprint density at radius 1 is 1.31 bits per heavy atom. The van der Waals surface area contributed by atoms with Crippen molar-refractivity contribution in [1.82, 2.24) is 0 Å². The maximum absolute atomic E-state index is 12.0. The van der Waals surface area contributed by atoms with E-state index in [0.29, 0.717) is 6.42 Å². The van der Waals surface area contributed by atoms with E-state index in [1.807, 2.05) is 13.0 Å². The van der Waals surface area contributed by atoms with Crippen molar-refractivity contribution in [2.75, 3.05) is 7.11 Å². The van der Waals surface area contributed by atoms with Crippen LogP contribution in [0.4, 0.5) is 0 Å². The highest BCUT2D eigenvalue weighted by Gasteiger charge is 2.56. The first-order chi connectivity index (χ1) is 7.32. The number of rotatable bonds is 2. The van der Waals surface area contributed by atoms with Crippen molar-refractivity contribution in [2.24, 2.45) is 10.8 Å². The lowest BCUT2D eigenvalue weighted by Crippen LogP contribution is -2.39. The lowest BCUT2D eigenvalue weighted by Gasteiger charge is -2.29. The molecular weight excluding hydrogens is 204 g/mol. The molecule has 3 nitrogen and oxygen atoms in total. The van der Waals surface area contributed by atoms with Crippen LogP contribution >= 0.6 is 0 Å². The fourth-order valence-electron chi connectivity index (χ4n) is 2.88. The van der Waals surface area contributed by atoms with Crippen LogP contribution in [0.3, 0.4) is 0 Å². The number of carbonyl (C=O) groups is 2. The quantitative estimate of drug-likeness (QED) is 0.411. The number of allylic oxidation sites excluding steroid dienone is 1. The van der Waals surface area contributed by atoms with E-state index in [-0.39, 0.29) is 11.2 Å². The van der Waals surface area contributed by atoms with Gasteiger partial charge in [0.25, 0.3) is 0 Å². The molecule has 3 heteroatoms. The van der Waals surface area contributed by atoms with E-state index in [2.05, 4.69) is 13.8 Å². The molecule has 0 heterocycles. The van der Waals surface area contributed by atoms with Gasteiger partial charge in [-0.1, -0.05) is 19.9 Å². The van der Waals surface area contributed by atoms with Crippen molar-refractivity contribution in [1.29, 1.82) is 0 Å². The van der Waals surface area contributed by atoms with Crippen molar-refractivity contribution in [3.05, 3.63) is 11.6 Å². The predicted molar refractivity (Wildman–Crippen MR) is 61.9 cm³/mol. The fourth-order valence-corrected chi connectivity index (χ4v) is 2.88. The summed E-state index contributed by atoms with van der Waals surface area (Å²) in [5.74, 6) is -0.531. The molecule has 1 fully saturated rings. The molecule has 0 amide bonds. The van der Waals surface area contributed by atoms with Gasteiger partial charge in [0.2, 0.25) is 0 Å². The number of ketones is 1. The van der Waals surface area contributed by atoms with E-state index in [1.54, 1.807) is 0 Å². The lowest BCUT2D eigenvalue weighted by atomic mass is 9.73. The Morgan fingerprint density at radius 3 is 2.25 bits per heavy atom. The summed E-state index contributed by atoms with van der Waals surface area (Å²) in [6, 6.07) is 0. The van der Waals surface area contributed by atoms with Crippen molar-refractivity contribution < 1.29 is 14.3 Å². The summed E-state index contributed by atoms with van der Waals surface area (Å²) in [7, 11) is 1.34. The summed E-state index contributed by atoms with van der Waals surface area (Å²) in [6.07, 6.45) is 3.29. The van der Waals surface area contributed by atoms with Crippen LogP contribution in [0.2, 0.25) is 0 Å². The number of Topliss-reactive ketones (excluding diaryl/α,β-unsaturated/α-hetero) is 1. The Morgan fingerprint density at radius 2 is 1.88 bits per heavy atom. The number of methoxy groups -OCH3 is 1. The second kappa shape index (κ2) is 4.04. The topological polar surface area (TPSA) is 43.4 Å². The molecule has 0 N–H and O–H groups in total. The molecule has 0 aliphatic heterocycles. The summed E-state index contributed by atoms with van der Waals surface area (Å²) >= 11 is 0. The van der Waals surface area contributed by atoms with Crippen molar-refractivity contribution in [3.8, 4) is 0 Å². The highest BCUT2D eigenvalue weighted by Crippen LogP contribution is 2.54. The van der Waals surface area contributed by atoms with E-state index >= 15 is 0 Å². The number of hydrogen-bond donors (Lipinski definition) is 0. The minimum absolute atomic E-state index is 0.103. The second-order valence-electron chi connectivity index (χ2n) is 5.04. The van der Waals surface area contributed by atoms with E-state index in [4.69, 9.17) is 4.74 Å². The molecule has 0 aromatic carbocycles. The zero-order valence-electron chi connectivity index (χ0n) is 10.7. The number of carbonyl (C=O) groups excluding carboxylic acids is 2. The van der Waals surface area contributed by atoms with Crippen LogP contribution in [-0.4, -0.2) is 18.9 Å². The molecule has 1 rings (SSSR count). The minimum atomic E-state index is -1.03. The van der Waals surface area contributed by atoms with E-state index < -0.39 is 11.4 Å². The Balaban J connectivity index is 3.35. The maximum Gasteiger partial charge on any atom is 0.323 e. The number of ether oxygens (including phenoxy) is 1.